The van der Waals surface area contributed by atoms with E-state index in [2.05, 4.69) is 10.3 Å². The third-order valence-corrected chi connectivity index (χ3v) is 2.36. The number of pyridine rings is 1. The molecule has 1 amide bonds. The summed E-state index contributed by atoms with van der Waals surface area (Å²) in [5.74, 6) is -0.161. The van der Waals surface area contributed by atoms with Crippen LogP contribution in [0, 0.1) is 6.92 Å². The van der Waals surface area contributed by atoms with Crippen LogP contribution in [-0.4, -0.2) is 28.1 Å². The molecule has 0 saturated carbocycles. The number of hydrogen-bond donors (Lipinski definition) is 2. The number of carbonyl (C=O) groups is 1. The summed E-state index contributed by atoms with van der Waals surface area (Å²) < 4.78 is 0. The van der Waals surface area contributed by atoms with E-state index in [1.165, 1.54) is 0 Å². The number of aromatic nitrogens is 1. The van der Waals surface area contributed by atoms with E-state index >= 15 is 0 Å². The molecule has 1 aromatic rings. The molecule has 2 N–H and O–H groups in total. The van der Waals surface area contributed by atoms with Crippen molar-refractivity contribution in [3.8, 4) is 0 Å². The average Bonchev–Trinajstić information content (AvgIpc) is 2.17. The zero-order chi connectivity index (χ0) is 12.2. The maximum Gasteiger partial charge on any atom is 0.253 e. The molecule has 88 valence electrons. The topological polar surface area (TPSA) is 62.2 Å². The summed E-state index contributed by atoms with van der Waals surface area (Å²) in [6.45, 7) is 5.68. The lowest BCUT2D eigenvalue weighted by atomic mass is 10.0. The summed E-state index contributed by atoms with van der Waals surface area (Å²) >= 11 is 0. The standard InChI is InChI=1S/C12H18N2O2/c1-9-4-5-10(8-13-9)11(16)14-12(2,3)6-7-15/h4-5,8,15H,6-7H2,1-3H3,(H,14,16). The number of hydrogen-bond acceptors (Lipinski definition) is 3. The molecule has 1 aromatic heterocycles. The molecule has 0 radical (unpaired) electrons. The molecule has 0 bridgehead atoms. The van der Waals surface area contributed by atoms with Crippen molar-refractivity contribution in [3.63, 3.8) is 0 Å². The van der Waals surface area contributed by atoms with Gasteiger partial charge in [0, 0.05) is 24.0 Å². The van der Waals surface area contributed by atoms with Gasteiger partial charge in [0.1, 0.15) is 0 Å². The number of nitrogens with one attached hydrogen (secondary N) is 1. The quantitative estimate of drug-likeness (QED) is 0.806. The van der Waals surface area contributed by atoms with E-state index < -0.39 is 5.54 Å². The van der Waals surface area contributed by atoms with Gasteiger partial charge in [0.15, 0.2) is 0 Å². The van der Waals surface area contributed by atoms with E-state index in [0.29, 0.717) is 12.0 Å². The van der Waals surface area contributed by atoms with E-state index in [0.717, 1.165) is 5.69 Å². The Labute approximate surface area is 95.7 Å². The molecule has 0 aromatic carbocycles. The second-order valence-electron chi connectivity index (χ2n) is 4.50. The first-order valence-electron chi connectivity index (χ1n) is 5.31. The predicted molar refractivity (Wildman–Crippen MR) is 62.2 cm³/mol. The van der Waals surface area contributed by atoms with Gasteiger partial charge in [-0.05, 0) is 39.3 Å². The van der Waals surface area contributed by atoms with Crippen molar-refractivity contribution in [2.24, 2.45) is 0 Å². The third-order valence-electron chi connectivity index (χ3n) is 2.36. The fraction of sp³-hybridized carbons (Fsp3) is 0.500. The Hall–Kier alpha value is -1.42. The van der Waals surface area contributed by atoms with Gasteiger partial charge in [0.2, 0.25) is 0 Å². The van der Waals surface area contributed by atoms with Gasteiger partial charge in [-0.2, -0.15) is 0 Å². The highest BCUT2D eigenvalue weighted by molar-refractivity contribution is 5.94. The van der Waals surface area contributed by atoms with Crippen LogP contribution in [0.4, 0.5) is 0 Å². The van der Waals surface area contributed by atoms with Gasteiger partial charge in [-0.25, -0.2) is 0 Å². The predicted octanol–water partition coefficient (Wildman–Crippen LogP) is 1.28. The summed E-state index contributed by atoms with van der Waals surface area (Å²) in [5.41, 5.74) is 1.01. The zero-order valence-corrected chi connectivity index (χ0v) is 9.95. The minimum atomic E-state index is -0.406. The van der Waals surface area contributed by atoms with Crippen LogP contribution in [0.25, 0.3) is 0 Å². The summed E-state index contributed by atoms with van der Waals surface area (Å²) in [4.78, 5) is 15.9. The number of nitrogens with zero attached hydrogens (tertiary/aromatic N) is 1. The van der Waals surface area contributed by atoms with E-state index in [1.807, 2.05) is 20.8 Å². The van der Waals surface area contributed by atoms with Crippen molar-refractivity contribution in [2.75, 3.05) is 6.61 Å². The highest BCUT2D eigenvalue weighted by Gasteiger charge is 2.20. The fourth-order valence-corrected chi connectivity index (χ4v) is 1.32. The number of carbonyl (C=O) groups excluding carboxylic acids is 1. The van der Waals surface area contributed by atoms with E-state index in [-0.39, 0.29) is 12.5 Å². The molecule has 0 saturated heterocycles. The van der Waals surface area contributed by atoms with Gasteiger partial charge in [0.05, 0.1) is 5.56 Å². The van der Waals surface area contributed by atoms with Crippen LogP contribution in [0.1, 0.15) is 36.3 Å². The SMILES string of the molecule is Cc1ccc(C(=O)NC(C)(C)CCO)cn1. The molecule has 0 aliphatic rings. The van der Waals surface area contributed by atoms with Gasteiger partial charge in [0.25, 0.3) is 5.91 Å². The summed E-state index contributed by atoms with van der Waals surface area (Å²) in [6.07, 6.45) is 2.08. The maximum atomic E-state index is 11.8. The first-order valence-corrected chi connectivity index (χ1v) is 5.31. The van der Waals surface area contributed by atoms with Crippen LogP contribution in [0.15, 0.2) is 18.3 Å². The van der Waals surface area contributed by atoms with Gasteiger partial charge in [-0.15, -0.1) is 0 Å². The first kappa shape index (κ1) is 12.6. The molecule has 1 rings (SSSR count). The second-order valence-corrected chi connectivity index (χ2v) is 4.50. The van der Waals surface area contributed by atoms with Crippen molar-refractivity contribution in [1.82, 2.24) is 10.3 Å². The number of aliphatic hydroxyl groups excluding tert-OH is 1. The second kappa shape index (κ2) is 5.07. The van der Waals surface area contributed by atoms with Crippen LogP contribution in [0.5, 0.6) is 0 Å². The summed E-state index contributed by atoms with van der Waals surface area (Å²) in [7, 11) is 0. The first-order chi connectivity index (χ1) is 7.44. The van der Waals surface area contributed by atoms with Crippen LogP contribution in [-0.2, 0) is 0 Å². The number of rotatable bonds is 4. The van der Waals surface area contributed by atoms with Crippen molar-refractivity contribution >= 4 is 5.91 Å². The van der Waals surface area contributed by atoms with Crippen molar-refractivity contribution in [3.05, 3.63) is 29.6 Å². The third kappa shape index (κ3) is 3.62. The highest BCUT2D eigenvalue weighted by Crippen LogP contribution is 2.09. The molecule has 4 heteroatoms. The minimum Gasteiger partial charge on any atom is -0.396 e. The monoisotopic (exact) mass is 222 g/mol. The summed E-state index contributed by atoms with van der Waals surface area (Å²) in [6, 6.07) is 3.54. The lowest BCUT2D eigenvalue weighted by molar-refractivity contribution is 0.0899. The van der Waals surface area contributed by atoms with E-state index in [9.17, 15) is 4.79 Å². The lowest BCUT2D eigenvalue weighted by Crippen LogP contribution is -2.44. The molecular formula is C12H18N2O2. The normalized spacial score (nSPS) is 11.2. The zero-order valence-electron chi connectivity index (χ0n) is 9.95. The number of amides is 1. The molecule has 0 unspecified atom stereocenters. The van der Waals surface area contributed by atoms with Crippen LogP contribution >= 0.6 is 0 Å². The molecule has 16 heavy (non-hydrogen) atoms. The molecule has 0 aliphatic heterocycles. The Bertz CT molecular complexity index is 358. The Morgan fingerprint density at radius 2 is 2.19 bits per heavy atom. The van der Waals surface area contributed by atoms with Gasteiger partial charge in [-0.3, -0.25) is 9.78 Å². The average molecular weight is 222 g/mol. The van der Waals surface area contributed by atoms with E-state index in [4.69, 9.17) is 5.11 Å². The van der Waals surface area contributed by atoms with Gasteiger partial charge >= 0.3 is 0 Å². The van der Waals surface area contributed by atoms with Crippen molar-refractivity contribution in [1.29, 1.82) is 0 Å². The fourth-order valence-electron chi connectivity index (χ4n) is 1.32. The van der Waals surface area contributed by atoms with Crippen LogP contribution < -0.4 is 5.32 Å². The Morgan fingerprint density at radius 1 is 1.50 bits per heavy atom. The molecule has 0 aliphatic carbocycles. The molecule has 0 spiro atoms. The molecule has 0 atom stereocenters. The Kier molecular flexibility index (Phi) is 4.01. The minimum absolute atomic E-state index is 0.0550. The summed E-state index contributed by atoms with van der Waals surface area (Å²) in [5, 5.41) is 11.7. The Balaban J connectivity index is 2.69. The molecule has 0 fully saturated rings. The highest BCUT2D eigenvalue weighted by atomic mass is 16.3. The number of aliphatic hydroxyl groups is 1. The van der Waals surface area contributed by atoms with Crippen LogP contribution in [0.2, 0.25) is 0 Å². The van der Waals surface area contributed by atoms with Gasteiger partial charge < -0.3 is 10.4 Å². The molecule has 4 nitrogen and oxygen atoms in total. The number of aryl methyl sites for hydroxylation is 1. The molecular weight excluding hydrogens is 204 g/mol. The van der Waals surface area contributed by atoms with Gasteiger partial charge in [-0.1, -0.05) is 0 Å². The van der Waals surface area contributed by atoms with Crippen molar-refractivity contribution < 1.29 is 9.90 Å². The largest absolute Gasteiger partial charge is 0.396 e. The van der Waals surface area contributed by atoms with E-state index in [1.54, 1.807) is 18.3 Å². The lowest BCUT2D eigenvalue weighted by Gasteiger charge is -2.25. The van der Waals surface area contributed by atoms with Crippen LogP contribution in [0.3, 0.4) is 0 Å². The van der Waals surface area contributed by atoms with Crippen molar-refractivity contribution in [2.45, 2.75) is 32.7 Å². The Morgan fingerprint density at radius 3 is 2.69 bits per heavy atom. The maximum absolute atomic E-state index is 11.8. The molecule has 1 heterocycles. The smallest absolute Gasteiger partial charge is 0.253 e.